The lowest BCUT2D eigenvalue weighted by molar-refractivity contribution is -0.171. The summed E-state index contributed by atoms with van der Waals surface area (Å²) in [6.45, 7) is 1.64. The molecule has 0 radical (unpaired) electrons. The number of nitrogens with one attached hydrogen (secondary N) is 1. The minimum Gasteiger partial charge on any atom is -0.391 e. The summed E-state index contributed by atoms with van der Waals surface area (Å²) in [5.74, 6) is -2.11. The van der Waals surface area contributed by atoms with Crippen molar-refractivity contribution in [2.45, 2.75) is 25.6 Å². The molecule has 0 bridgehead atoms. The van der Waals surface area contributed by atoms with Gasteiger partial charge in [0.1, 0.15) is 6.10 Å². The van der Waals surface area contributed by atoms with E-state index in [4.69, 9.17) is 0 Å². The van der Waals surface area contributed by atoms with Crippen LogP contribution in [0.5, 0.6) is 0 Å². The smallest absolute Gasteiger partial charge is 0.391 e. The lowest BCUT2D eigenvalue weighted by Crippen LogP contribution is -2.40. The zero-order valence-electron chi connectivity index (χ0n) is 6.68. The van der Waals surface area contributed by atoms with Crippen molar-refractivity contribution in [1.82, 2.24) is 5.32 Å². The molecule has 1 heterocycles. The van der Waals surface area contributed by atoms with Crippen molar-refractivity contribution in [3.63, 3.8) is 0 Å². The average molecular weight is 196 g/mol. The third kappa shape index (κ3) is 2.60. The maximum atomic E-state index is 11.7. The Morgan fingerprint density at radius 2 is 2.31 bits per heavy atom. The third-order valence-corrected chi connectivity index (χ3v) is 1.34. The van der Waals surface area contributed by atoms with Crippen LogP contribution >= 0.6 is 0 Å². The van der Waals surface area contributed by atoms with E-state index >= 15 is 0 Å². The van der Waals surface area contributed by atoms with Crippen LogP contribution in [0.3, 0.4) is 0 Å². The van der Waals surface area contributed by atoms with Gasteiger partial charge in [0.15, 0.2) is 5.84 Å². The Balaban J connectivity index is 2.47. The fourth-order valence-electron chi connectivity index (χ4n) is 0.776. The van der Waals surface area contributed by atoms with E-state index in [-0.39, 0.29) is 18.4 Å². The van der Waals surface area contributed by atoms with Crippen LogP contribution in [0.1, 0.15) is 13.3 Å². The first-order valence-electron chi connectivity index (χ1n) is 3.50. The summed E-state index contributed by atoms with van der Waals surface area (Å²) in [7, 11) is 0. The number of carbonyl (C=O) groups is 1. The summed E-state index contributed by atoms with van der Waals surface area (Å²) in [5.41, 5.74) is 0. The topological polar surface area (TPSA) is 50.7 Å². The van der Waals surface area contributed by atoms with E-state index in [1.807, 2.05) is 0 Å². The van der Waals surface area contributed by atoms with Crippen LogP contribution in [0.25, 0.3) is 0 Å². The van der Waals surface area contributed by atoms with Gasteiger partial charge in [-0.25, -0.2) is 0 Å². The maximum absolute atomic E-state index is 11.7. The van der Waals surface area contributed by atoms with Crippen molar-refractivity contribution in [2.75, 3.05) is 0 Å². The van der Waals surface area contributed by atoms with Crippen molar-refractivity contribution < 1.29 is 22.8 Å². The first kappa shape index (κ1) is 9.82. The monoisotopic (exact) mass is 196 g/mol. The van der Waals surface area contributed by atoms with E-state index in [0.29, 0.717) is 0 Å². The Morgan fingerprint density at radius 1 is 1.69 bits per heavy atom. The second-order valence-corrected chi connectivity index (χ2v) is 2.61. The lowest BCUT2D eigenvalue weighted by atomic mass is 10.3. The third-order valence-electron chi connectivity index (χ3n) is 1.34. The quantitative estimate of drug-likeness (QED) is 0.622. The van der Waals surface area contributed by atoms with Gasteiger partial charge in [0, 0.05) is 6.42 Å². The molecule has 1 aliphatic heterocycles. The largest absolute Gasteiger partial charge is 0.471 e. The summed E-state index contributed by atoms with van der Waals surface area (Å²) in [6, 6.07) is 0. The number of amidine groups is 1. The molecular weight excluding hydrogens is 189 g/mol. The van der Waals surface area contributed by atoms with Gasteiger partial charge in [-0.1, -0.05) is 5.16 Å². The second-order valence-electron chi connectivity index (χ2n) is 2.61. The highest BCUT2D eigenvalue weighted by molar-refractivity contribution is 6.00. The normalized spacial score (nSPS) is 22.2. The molecule has 74 valence electrons. The van der Waals surface area contributed by atoms with E-state index < -0.39 is 12.1 Å². The number of alkyl halides is 3. The number of amides is 1. The number of rotatable bonds is 0. The van der Waals surface area contributed by atoms with Gasteiger partial charge in [0.25, 0.3) is 0 Å². The fraction of sp³-hybridized carbons (Fsp3) is 0.667. The predicted molar refractivity (Wildman–Crippen MR) is 36.8 cm³/mol. The molecule has 7 heteroatoms. The first-order valence-corrected chi connectivity index (χ1v) is 3.50. The van der Waals surface area contributed by atoms with Crippen LogP contribution in [-0.4, -0.2) is 24.0 Å². The highest BCUT2D eigenvalue weighted by atomic mass is 19.4. The first-order chi connectivity index (χ1) is 5.89. The Hall–Kier alpha value is -1.27. The minimum atomic E-state index is -4.88. The standard InChI is InChI=1S/C6H7F3N2O2/c1-3-2-4(11-13-3)10-5(12)6(7,8)9/h3H,2H2,1H3,(H,10,11,12). The summed E-state index contributed by atoms with van der Waals surface area (Å²) in [6.07, 6.45) is -4.99. The average Bonchev–Trinajstić information content (AvgIpc) is 2.33. The molecule has 0 saturated heterocycles. The summed E-state index contributed by atoms with van der Waals surface area (Å²) in [5, 5.41) is 4.87. The van der Waals surface area contributed by atoms with Gasteiger partial charge in [-0.2, -0.15) is 13.2 Å². The fourth-order valence-corrected chi connectivity index (χ4v) is 0.776. The maximum Gasteiger partial charge on any atom is 0.471 e. The van der Waals surface area contributed by atoms with E-state index in [0.717, 1.165) is 0 Å². The summed E-state index contributed by atoms with van der Waals surface area (Å²) in [4.78, 5) is 14.9. The second kappa shape index (κ2) is 3.23. The van der Waals surface area contributed by atoms with E-state index in [9.17, 15) is 18.0 Å². The highest BCUT2D eigenvalue weighted by Gasteiger charge is 2.39. The van der Waals surface area contributed by atoms with Crippen LogP contribution in [0.2, 0.25) is 0 Å². The highest BCUT2D eigenvalue weighted by Crippen LogP contribution is 2.15. The molecule has 4 nitrogen and oxygen atoms in total. The van der Waals surface area contributed by atoms with Crippen molar-refractivity contribution in [2.24, 2.45) is 5.16 Å². The Labute approximate surface area is 71.7 Å². The molecule has 0 aromatic heterocycles. The van der Waals surface area contributed by atoms with Crippen molar-refractivity contribution in [3.8, 4) is 0 Å². The Kier molecular flexibility index (Phi) is 2.44. The molecule has 1 N–H and O–H groups in total. The molecule has 13 heavy (non-hydrogen) atoms. The van der Waals surface area contributed by atoms with Crippen LogP contribution in [0.4, 0.5) is 13.2 Å². The van der Waals surface area contributed by atoms with Gasteiger partial charge in [-0.3, -0.25) is 4.79 Å². The molecule has 1 amide bonds. The zero-order valence-corrected chi connectivity index (χ0v) is 6.68. The van der Waals surface area contributed by atoms with E-state index in [1.54, 1.807) is 12.2 Å². The molecule has 0 aromatic rings. The van der Waals surface area contributed by atoms with E-state index in [2.05, 4.69) is 9.99 Å². The van der Waals surface area contributed by atoms with Crippen LogP contribution in [0, 0.1) is 0 Å². The van der Waals surface area contributed by atoms with Crippen molar-refractivity contribution in [1.29, 1.82) is 0 Å². The minimum absolute atomic E-state index is 0.0881. The summed E-state index contributed by atoms with van der Waals surface area (Å²) >= 11 is 0. The van der Waals surface area contributed by atoms with Gasteiger partial charge >= 0.3 is 12.1 Å². The number of hydrogen-bond donors (Lipinski definition) is 1. The molecule has 1 aliphatic rings. The van der Waals surface area contributed by atoms with Gasteiger partial charge in [-0.15, -0.1) is 0 Å². The number of oxime groups is 1. The van der Waals surface area contributed by atoms with Crippen LogP contribution < -0.4 is 5.32 Å². The molecule has 0 aromatic carbocycles. The predicted octanol–water partition coefficient (Wildman–Crippen LogP) is 0.787. The molecule has 0 spiro atoms. The van der Waals surface area contributed by atoms with Gasteiger partial charge in [0.05, 0.1) is 0 Å². The van der Waals surface area contributed by atoms with Gasteiger partial charge < -0.3 is 10.2 Å². The molecule has 0 saturated carbocycles. The van der Waals surface area contributed by atoms with Crippen molar-refractivity contribution >= 4 is 11.7 Å². The lowest BCUT2D eigenvalue weighted by Gasteiger charge is -2.05. The number of halogens is 3. The molecular formula is C6H7F3N2O2. The molecule has 0 aliphatic carbocycles. The van der Waals surface area contributed by atoms with Crippen molar-refractivity contribution in [3.05, 3.63) is 0 Å². The van der Waals surface area contributed by atoms with Gasteiger partial charge in [0.2, 0.25) is 0 Å². The number of nitrogens with zero attached hydrogens (tertiary/aromatic N) is 1. The molecule has 1 unspecified atom stereocenters. The van der Waals surface area contributed by atoms with Crippen LogP contribution in [-0.2, 0) is 9.63 Å². The van der Waals surface area contributed by atoms with Gasteiger partial charge in [-0.05, 0) is 6.92 Å². The molecule has 0 fully saturated rings. The Bertz CT molecular complexity index is 249. The molecule has 1 rings (SSSR count). The Morgan fingerprint density at radius 3 is 2.69 bits per heavy atom. The number of hydrogen-bond acceptors (Lipinski definition) is 3. The molecule has 1 atom stereocenters. The number of carbonyl (C=O) groups excluding carboxylic acids is 1. The van der Waals surface area contributed by atoms with Crippen LogP contribution in [0.15, 0.2) is 5.16 Å². The summed E-state index contributed by atoms with van der Waals surface area (Å²) < 4.78 is 35.1. The SMILES string of the molecule is CC1CC(NC(=O)C(F)(F)F)=NO1. The van der Waals surface area contributed by atoms with E-state index in [1.165, 1.54) is 0 Å². The zero-order chi connectivity index (χ0) is 10.1.